The molecular formula is C29H40N2O5. The van der Waals surface area contributed by atoms with Gasteiger partial charge in [-0.2, -0.15) is 0 Å². The Bertz CT molecular complexity index is 949. The summed E-state index contributed by atoms with van der Waals surface area (Å²) in [6.45, 7) is 13.1. The lowest BCUT2D eigenvalue weighted by molar-refractivity contribution is -0.159. The van der Waals surface area contributed by atoms with E-state index in [2.05, 4.69) is 29.2 Å². The molecule has 196 valence electrons. The number of methoxy groups -OCH3 is 1. The minimum Gasteiger partial charge on any atom is -0.466 e. The molecule has 0 saturated carbocycles. The summed E-state index contributed by atoms with van der Waals surface area (Å²) in [5.74, 6) is -0.603. The van der Waals surface area contributed by atoms with Gasteiger partial charge < -0.3 is 14.2 Å². The van der Waals surface area contributed by atoms with Crippen LogP contribution in [0.25, 0.3) is 0 Å². The van der Waals surface area contributed by atoms with E-state index >= 15 is 0 Å². The quantitative estimate of drug-likeness (QED) is 0.443. The summed E-state index contributed by atoms with van der Waals surface area (Å²) in [5.41, 5.74) is 0.762. The Morgan fingerprint density at radius 1 is 0.944 bits per heavy atom. The number of benzene rings is 2. The van der Waals surface area contributed by atoms with Crippen molar-refractivity contribution in [3.63, 3.8) is 0 Å². The molecular weight excluding hydrogens is 456 g/mol. The first-order valence-corrected chi connectivity index (χ1v) is 12.5. The van der Waals surface area contributed by atoms with Crippen molar-refractivity contribution in [3.8, 4) is 0 Å². The van der Waals surface area contributed by atoms with Crippen LogP contribution in [0.5, 0.6) is 0 Å². The van der Waals surface area contributed by atoms with E-state index in [0.717, 1.165) is 11.1 Å². The topological polar surface area (TPSA) is 68.3 Å². The maximum atomic E-state index is 13.6. The lowest BCUT2D eigenvalue weighted by Gasteiger charge is -2.41. The lowest BCUT2D eigenvalue weighted by atomic mass is 9.94. The van der Waals surface area contributed by atoms with E-state index in [4.69, 9.17) is 14.2 Å². The van der Waals surface area contributed by atoms with Gasteiger partial charge in [-0.15, -0.1) is 0 Å². The van der Waals surface area contributed by atoms with Crippen LogP contribution >= 0.6 is 0 Å². The van der Waals surface area contributed by atoms with Crippen LogP contribution in [-0.2, 0) is 32.1 Å². The molecule has 0 bridgehead atoms. The number of hydrogen-bond donors (Lipinski definition) is 0. The van der Waals surface area contributed by atoms with E-state index < -0.39 is 35.5 Å². The molecule has 0 aliphatic carbocycles. The zero-order valence-electron chi connectivity index (χ0n) is 22.6. The first-order valence-electron chi connectivity index (χ1n) is 12.5. The number of nitrogens with zero attached hydrogens (tertiary/aromatic N) is 2. The number of hydrogen-bond acceptors (Lipinski definition) is 6. The third kappa shape index (κ3) is 6.45. The largest absolute Gasteiger partial charge is 0.466 e. The molecule has 1 amide bonds. The minimum absolute atomic E-state index is 0.0230. The van der Waals surface area contributed by atoms with Gasteiger partial charge in [0, 0.05) is 13.1 Å². The molecule has 3 rings (SSSR count). The van der Waals surface area contributed by atoms with Gasteiger partial charge in [-0.3, -0.25) is 9.80 Å². The van der Waals surface area contributed by atoms with Gasteiger partial charge >= 0.3 is 12.1 Å². The minimum atomic E-state index is -1.12. The summed E-state index contributed by atoms with van der Waals surface area (Å²) in [5, 5.41) is 0. The number of carbonyl (C=O) groups is 2. The van der Waals surface area contributed by atoms with Crippen molar-refractivity contribution >= 4 is 12.1 Å². The highest BCUT2D eigenvalue weighted by Gasteiger charge is 2.51. The van der Waals surface area contributed by atoms with E-state index in [1.165, 1.54) is 7.11 Å². The molecule has 0 radical (unpaired) electrons. The highest BCUT2D eigenvalue weighted by Crippen LogP contribution is 2.36. The Kier molecular flexibility index (Phi) is 8.80. The van der Waals surface area contributed by atoms with Crippen molar-refractivity contribution in [1.82, 2.24) is 9.80 Å². The standard InChI is InChI=1S/C29H40N2O5/c1-21(2)24(30(18-22-14-10-8-11-15-22)19-23-16-12-9-13-17-23)25(26(32)34-7)36-27(33)31-28(3,4)20-35-29(31,5)6/h8-17,21,24-25H,18-20H2,1-7H3/t24-,25+/m0/s1. The second kappa shape index (κ2) is 11.4. The van der Waals surface area contributed by atoms with E-state index in [1.807, 2.05) is 77.9 Å². The second-order valence-electron chi connectivity index (χ2n) is 10.8. The monoisotopic (exact) mass is 496 g/mol. The molecule has 1 fully saturated rings. The Morgan fingerprint density at radius 3 is 1.83 bits per heavy atom. The van der Waals surface area contributed by atoms with Gasteiger partial charge in [0.15, 0.2) is 0 Å². The Labute approximate surface area is 215 Å². The first kappa shape index (κ1) is 27.7. The van der Waals surface area contributed by atoms with Crippen LogP contribution in [-0.4, -0.2) is 59.0 Å². The van der Waals surface area contributed by atoms with Crippen molar-refractivity contribution in [3.05, 3.63) is 71.8 Å². The van der Waals surface area contributed by atoms with Crippen molar-refractivity contribution in [1.29, 1.82) is 0 Å². The molecule has 1 heterocycles. The number of rotatable bonds is 9. The van der Waals surface area contributed by atoms with Crippen LogP contribution in [0.15, 0.2) is 60.7 Å². The fourth-order valence-corrected chi connectivity index (χ4v) is 5.08. The normalized spacial score (nSPS) is 18.2. The molecule has 7 heteroatoms. The molecule has 0 unspecified atom stereocenters. The summed E-state index contributed by atoms with van der Waals surface area (Å²) < 4.78 is 17.1. The maximum Gasteiger partial charge on any atom is 0.413 e. The summed E-state index contributed by atoms with van der Waals surface area (Å²) in [6, 6.07) is 19.7. The molecule has 2 aromatic carbocycles. The molecule has 0 N–H and O–H groups in total. The van der Waals surface area contributed by atoms with Gasteiger partial charge in [0.1, 0.15) is 5.72 Å². The fourth-order valence-electron chi connectivity index (χ4n) is 5.08. The highest BCUT2D eigenvalue weighted by molar-refractivity contribution is 5.80. The molecule has 0 spiro atoms. The van der Waals surface area contributed by atoms with Gasteiger partial charge in [0.25, 0.3) is 0 Å². The summed E-state index contributed by atoms with van der Waals surface area (Å²) >= 11 is 0. The first-order chi connectivity index (χ1) is 17.0. The van der Waals surface area contributed by atoms with E-state index in [-0.39, 0.29) is 5.92 Å². The maximum absolute atomic E-state index is 13.6. The zero-order chi connectivity index (χ0) is 26.5. The van der Waals surface area contributed by atoms with E-state index in [9.17, 15) is 9.59 Å². The number of carbonyl (C=O) groups excluding carboxylic acids is 2. The fraction of sp³-hybridized carbons (Fsp3) is 0.517. The molecule has 1 aliphatic rings. The molecule has 2 aromatic rings. The smallest absolute Gasteiger partial charge is 0.413 e. The van der Waals surface area contributed by atoms with Gasteiger partial charge in [0.05, 0.1) is 25.3 Å². The highest BCUT2D eigenvalue weighted by atomic mass is 16.6. The average Bonchev–Trinajstić information content (AvgIpc) is 3.06. The Hall–Kier alpha value is -2.90. The van der Waals surface area contributed by atoms with Crippen LogP contribution in [0.1, 0.15) is 52.7 Å². The SMILES string of the molecule is COC(=O)[C@H](OC(=O)N1C(C)(C)COC1(C)C)[C@H](C(C)C)N(Cc1ccccc1)Cc1ccccc1. The third-order valence-electron chi connectivity index (χ3n) is 6.64. The molecule has 1 aliphatic heterocycles. The lowest BCUT2D eigenvalue weighted by Crippen LogP contribution is -2.57. The Balaban J connectivity index is 1.98. The molecule has 1 saturated heterocycles. The molecule has 2 atom stereocenters. The molecule has 7 nitrogen and oxygen atoms in total. The van der Waals surface area contributed by atoms with Crippen LogP contribution in [0.2, 0.25) is 0 Å². The molecule has 36 heavy (non-hydrogen) atoms. The van der Waals surface area contributed by atoms with Crippen molar-refractivity contribution < 1.29 is 23.8 Å². The van der Waals surface area contributed by atoms with Crippen molar-refractivity contribution in [2.75, 3.05) is 13.7 Å². The van der Waals surface area contributed by atoms with Crippen LogP contribution < -0.4 is 0 Å². The van der Waals surface area contributed by atoms with Gasteiger partial charge in [-0.1, -0.05) is 74.5 Å². The average molecular weight is 497 g/mol. The number of esters is 1. The van der Waals surface area contributed by atoms with Gasteiger partial charge in [-0.05, 0) is 44.7 Å². The van der Waals surface area contributed by atoms with Gasteiger partial charge in [0.2, 0.25) is 6.10 Å². The van der Waals surface area contributed by atoms with E-state index in [0.29, 0.717) is 19.7 Å². The predicted molar refractivity (Wildman–Crippen MR) is 139 cm³/mol. The van der Waals surface area contributed by atoms with Crippen LogP contribution in [0.4, 0.5) is 4.79 Å². The van der Waals surface area contributed by atoms with Crippen LogP contribution in [0, 0.1) is 5.92 Å². The summed E-state index contributed by atoms with van der Waals surface area (Å²) in [6.07, 6.45) is -1.72. The van der Waals surface area contributed by atoms with Gasteiger partial charge in [-0.25, -0.2) is 9.59 Å². The predicted octanol–water partition coefficient (Wildman–Crippen LogP) is 5.24. The number of ether oxygens (including phenoxy) is 3. The Morgan fingerprint density at radius 2 is 1.44 bits per heavy atom. The molecule has 0 aromatic heterocycles. The van der Waals surface area contributed by atoms with Crippen molar-refractivity contribution in [2.45, 2.75) is 78.0 Å². The number of amides is 1. The summed E-state index contributed by atoms with van der Waals surface area (Å²) in [4.78, 5) is 30.5. The zero-order valence-corrected chi connectivity index (χ0v) is 22.6. The second-order valence-corrected chi connectivity index (χ2v) is 10.8. The summed E-state index contributed by atoms with van der Waals surface area (Å²) in [7, 11) is 1.33. The van der Waals surface area contributed by atoms with Crippen LogP contribution in [0.3, 0.4) is 0 Å². The third-order valence-corrected chi connectivity index (χ3v) is 6.64. The van der Waals surface area contributed by atoms with E-state index in [1.54, 1.807) is 4.90 Å². The van der Waals surface area contributed by atoms with Crippen molar-refractivity contribution in [2.24, 2.45) is 5.92 Å².